The van der Waals surface area contributed by atoms with Crippen LogP contribution in [0.4, 0.5) is 0 Å². The van der Waals surface area contributed by atoms with Gasteiger partial charge in [-0.25, -0.2) is 0 Å². The topological polar surface area (TPSA) is 43.9 Å². The molecule has 0 saturated carbocycles. The molecule has 3 rings (SSSR count). The van der Waals surface area contributed by atoms with Crippen LogP contribution < -0.4 is 0 Å². The maximum Gasteiger partial charge on any atom is 0.191 e. The van der Waals surface area contributed by atoms with Gasteiger partial charge in [0.2, 0.25) is 0 Å². The van der Waals surface area contributed by atoms with E-state index in [4.69, 9.17) is 16.0 Å². The molecule has 0 aliphatic heterocycles. The molecule has 21 heavy (non-hydrogen) atoms. The number of furan rings is 1. The molecule has 2 heterocycles. The Morgan fingerprint density at radius 1 is 1.19 bits per heavy atom. The first-order valence-electron chi connectivity index (χ1n) is 6.46. The molecule has 0 N–H and O–H groups in total. The highest BCUT2D eigenvalue weighted by atomic mass is 35.5. The minimum atomic E-state index is 0.750. The van der Waals surface area contributed by atoms with Crippen molar-refractivity contribution in [3.8, 4) is 11.4 Å². The number of nitrogens with zero attached hydrogens (tertiary/aromatic N) is 3. The zero-order chi connectivity index (χ0) is 14.8. The van der Waals surface area contributed by atoms with Gasteiger partial charge in [0.1, 0.15) is 5.76 Å². The number of hydrogen-bond acceptors (Lipinski definition) is 4. The lowest BCUT2D eigenvalue weighted by Gasteiger charge is -2.03. The molecule has 0 fully saturated rings. The van der Waals surface area contributed by atoms with Crippen molar-refractivity contribution in [2.75, 3.05) is 0 Å². The van der Waals surface area contributed by atoms with Gasteiger partial charge in [-0.1, -0.05) is 35.5 Å². The second-order valence-corrected chi connectivity index (χ2v) is 6.05. The van der Waals surface area contributed by atoms with Crippen molar-refractivity contribution in [1.29, 1.82) is 0 Å². The van der Waals surface area contributed by atoms with Gasteiger partial charge < -0.3 is 8.98 Å². The second-order valence-electron chi connectivity index (χ2n) is 4.67. The fraction of sp³-hybridized carbons (Fsp3) is 0.200. The minimum Gasteiger partial charge on any atom is -0.469 e. The van der Waals surface area contributed by atoms with Gasteiger partial charge in [0, 0.05) is 17.8 Å². The molecule has 0 saturated heterocycles. The van der Waals surface area contributed by atoms with Gasteiger partial charge in [0.05, 0.1) is 11.8 Å². The third-order valence-corrected chi connectivity index (χ3v) is 4.56. The van der Waals surface area contributed by atoms with Crippen LogP contribution in [-0.4, -0.2) is 14.8 Å². The summed E-state index contributed by atoms with van der Waals surface area (Å²) in [6, 6.07) is 9.75. The van der Waals surface area contributed by atoms with Gasteiger partial charge in [0.25, 0.3) is 0 Å². The summed E-state index contributed by atoms with van der Waals surface area (Å²) in [7, 11) is 1.96. The average Bonchev–Trinajstić information content (AvgIpc) is 3.04. The van der Waals surface area contributed by atoms with Gasteiger partial charge >= 0.3 is 0 Å². The Labute approximate surface area is 132 Å². The zero-order valence-corrected chi connectivity index (χ0v) is 13.3. The quantitative estimate of drug-likeness (QED) is 0.671. The number of halogens is 1. The van der Waals surface area contributed by atoms with Crippen molar-refractivity contribution in [3.63, 3.8) is 0 Å². The first-order chi connectivity index (χ1) is 10.1. The SMILES string of the molecule is Cc1occc1-c1nnc(SCc2ccc(Cl)cc2)n1C. The largest absolute Gasteiger partial charge is 0.469 e. The van der Waals surface area contributed by atoms with Gasteiger partial charge in [-0.3, -0.25) is 0 Å². The third kappa shape index (κ3) is 2.99. The van der Waals surface area contributed by atoms with Crippen LogP contribution in [0.15, 0.2) is 46.2 Å². The van der Waals surface area contributed by atoms with Crippen molar-refractivity contribution >= 4 is 23.4 Å². The molecule has 0 radical (unpaired) electrons. The number of benzene rings is 1. The van der Waals surface area contributed by atoms with Crippen LogP contribution in [0.2, 0.25) is 5.02 Å². The van der Waals surface area contributed by atoms with E-state index in [2.05, 4.69) is 10.2 Å². The summed E-state index contributed by atoms with van der Waals surface area (Å²) in [5.74, 6) is 2.49. The molecular weight excluding hydrogens is 306 g/mol. The molecule has 108 valence electrons. The van der Waals surface area contributed by atoms with E-state index in [9.17, 15) is 0 Å². The summed E-state index contributed by atoms with van der Waals surface area (Å²) < 4.78 is 7.31. The van der Waals surface area contributed by atoms with E-state index in [0.29, 0.717) is 0 Å². The predicted octanol–water partition coefficient (Wildman–Crippen LogP) is 4.33. The Kier molecular flexibility index (Phi) is 4.03. The van der Waals surface area contributed by atoms with Gasteiger partial charge in [0.15, 0.2) is 11.0 Å². The van der Waals surface area contributed by atoms with Crippen LogP contribution in [0.25, 0.3) is 11.4 Å². The Hall–Kier alpha value is -1.72. The van der Waals surface area contributed by atoms with Crippen LogP contribution in [0.5, 0.6) is 0 Å². The molecule has 0 amide bonds. The predicted molar refractivity (Wildman–Crippen MR) is 84.5 cm³/mol. The molecule has 6 heteroatoms. The highest BCUT2D eigenvalue weighted by molar-refractivity contribution is 7.98. The summed E-state index contributed by atoms with van der Waals surface area (Å²) in [5.41, 5.74) is 2.18. The molecule has 1 aromatic carbocycles. The van der Waals surface area contributed by atoms with Gasteiger partial charge in [-0.2, -0.15) is 0 Å². The molecule has 0 aliphatic rings. The lowest BCUT2D eigenvalue weighted by molar-refractivity contribution is 0.534. The standard InChI is InChI=1S/C15H14ClN3OS/c1-10-13(7-8-20-10)14-17-18-15(19(14)2)21-9-11-3-5-12(16)6-4-11/h3-8H,9H2,1-2H3. The highest BCUT2D eigenvalue weighted by Crippen LogP contribution is 2.27. The van der Waals surface area contributed by atoms with E-state index >= 15 is 0 Å². The van der Waals surface area contributed by atoms with Crippen LogP contribution in [0.3, 0.4) is 0 Å². The lowest BCUT2D eigenvalue weighted by atomic mass is 10.2. The van der Waals surface area contributed by atoms with E-state index in [1.165, 1.54) is 5.56 Å². The monoisotopic (exact) mass is 319 g/mol. The summed E-state index contributed by atoms with van der Waals surface area (Å²) in [6.45, 7) is 1.92. The number of rotatable bonds is 4. The summed E-state index contributed by atoms with van der Waals surface area (Å²) >= 11 is 7.53. The van der Waals surface area contributed by atoms with Crippen LogP contribution in [-0.2, 0) is 12.8 Å². The van der Waals surface area contributed by atoms with Crippen LogP contribution in [0, 0.1) is 6.92 Å². The third-order valence-electron chi connectivity index (χ3n) is 3.22. The van der Waals surface area contributed by atoms with Gasteiger partial charge in [-0.15, -0.1) is 10.2 Å². The van der Waals surface area contributed by atoms with Crippen molar-refractivity contribution in [2.24, 2.45) is 7.05 Å². The van der Waals surface area contributed by atoms with Crippen LogP contribution >= 0.6 is 23.4 Å². The summed E-state index contributed by atoms with van der Waals surface area (Å²) in [4.78, 5) is 0. The van der Waals surface area contributed by atoms with Crippen molar-refractivity contribution in [1.82, 2.24) is 14.8 Å². The first kappa shape index (κ1) is 14.2. The Morgan fingerprint density at radius 3 is 2.62 bits per heavy atom. The molecule has 0 bridgehead atoms. The van der Waals surface area contributed by atoms with Crippen molar-refractivity contribution < 1.29 is 4.42 Å². The molecule has 0 atom stereocenters. The van der Waals surface area contributed by atoms with Crippen molar-refractivity contribution in [2.45, 2.75) is 17.8 Å². The smallest absolute Gasteiger partial charge is 0.191 e. The maximum absolute atomic E-state index is 5.89. The second kappa shape index (κ2) is 5.95. The number of hydrogen-bond donors (Lipinski definition) is 0. The fourth-order valence-corrected chi connectivity index (χ4v) is 3.01. The van der Waals surface area contributed by atoms with E-state index in [1.807, 2.05) is 48.9 Å². The van der Waals surface area contributed by atoms with Gasteiger partial charge in [-0.05, 0) is 30.7 Å². The summed E-state index contributed by atoms with van der Waals surface area (Å²) in [5, 5.41) is 10.1. The minimum absolute atomic E-state index is 0.750. The zero-order valence-electron chi connectivity index (χ0n) is 11.7. The molecule has 0 unspecified atom stereocenters. The van der Waals surface area contributed by atoms with E-state index in [-0.39, 0.29) is 0 Å². The Morgan fingerprint density at radius 2 is 1.95 bits per heavy atom. The average molecular weight is 320 g/mol. The first-order valence-corrected chi connectivity index (χ1v) is 7.82. The maximum atomic E-state index is 5.89. The van der Waals surface area contributed by atoms with Crippen LogP contribution in [0.1, 0.15) is 11.3 Å². The number of thioether (sulfide) groups is 1. The van der Waals surface area contributed by atoms with E-state index in [1.54, 1.807) is 18.0 Å². The fourth-order valence-electron chi connectivity index (χ4n) is 2.02. The number of aryl methyl sites for hydroxylation is 1. The van der Waals surface area contributed by atoms with E-state index in [0.717, 1.165) is 33.1 Å². The molecule has 4 nitrogen and oxygen atoms in total. The molecule has 3 aromatic rings. The van der Waals surface area contributed by atoms with Crippen molar-refractivity contribution in [3.05, 3.63) is 52.9 Å². The normalized spacial score (nSPS) is 11.0. The summed E-state index contributed by atoms with van der Waals surface area (Å²) in [6.07, 6.45) is 1.67. The number of aromatic nitrogens is 3. The molecule has 0 aliphatic carbocycles. The molecular formula is C15H14ClN3OS. The highest BCUT2D eigenvalue weighted by Gasteiger charge is 2.14. The van der Waals surface area contributed by atoms with E-state index < -0.39 is 0 Å². The molecule has 2 aromatic heterocycles. The Balaban J connectivity index is 1.77. The molecule has 0 spiro atoms. The lowest BCUT2D eigenvalue weighted by Crippen LogP contribution is -1.95. The Bertz CT molecular complexity index is 749.